The Morgan fingerprint density at radius 2 is 2.00 bits per heavy atom. The van der Waals surface area contributed by atoms with Gasteiger partial charge in [0.1, 0.15) is 0 Å². The van der Waals surface area contributed by atoms with E-state index in [0.29, 0.717) is 0 Å². The van der Waals surface area contributed by atoms with Crippen molar-refractivity contribution in [2.24, 2.45) is 0 Å². The third-order valence-corrected chi connectivity index (χ3v) is 3.49. The van der Waals surface area contributed by atoms with Gasteiger partial charge in [0.15, 0.2) is 0 Å². The van der Waals surface area contributed by atoms with Crippen LogP contribution in [0.2, 0.25) is 0 Å². The maximum absolute atomic E-state index is 11.9. The van der Waals surface area contributed by atoms with Crippen molar-refractivity contribution in [3.05, 3.63) is 0 Å². The Bertz CT molecular complexity index is 255. The molecule has 0 saturated carbocycles. The summed E-state index contributed by atoms with van der Waals surface area (Å²) in [5.74, 6) is 0.0999. The van der Waals surface area contributed by atoms with Gasteiger partial charge in [0.25, 0.3) is 0 Å². The minimum absolute atomic E-state index is 0.0999. The molecule has 2 N–H and O–H groups in total. The Kier molecular flexibility index (Phi) is 8.02. The van der Waals surface area contributed by atoms with Crippen LogP contribution in [0.5, 0.6) is 0 Å². The first-order valence-corrected chi connectivity index (χ1v) is 7.47. The van der Waals surface area contributed by atoms with E-state index in [1.165, 1.54) is 0 Å². The minimum Gasteiger partial charge on any atom is -0.379 e. The fourth-order valence-corrected chi connectivity index (χ4v) is 2.23. The van der Waals surface area contributed by atoms with Crippen LogP contribution >= 0.6 is 0 Å². The molecule has 1 aliphatic rings. The number of hydrogen-bond acceptors (Lipinski definition) is 4. The van der Waals surface area contributed by atoms with Gasteiger partial charge in [0, 0.05) is 32.2 Å². The van der Waals surface area contributed by atoms with E-state index in [2.05, 4.69) is 29.4 Å². The van der Waals surface area contributed by atoms with Crippen molar-refractivity contribution in [3.63, 3.8) is 0 Å². The van der Waals surface area contributed by atoms with Crippen molar-refractivity contribution in [1.29, 1.82) is 0 Å². The van der Waals surface area contributed by atoms with E-state index in [1.54, 1.807) is 0 Å². The van der Waals surface area contributed by atoms with Crippen LogP contribution in [-0.4, -0.2) is 62.3 Å². The van der Waals surface area contributed by atoms with E-state index >= 15 is 0 Å². The van der Waals surface area contributed by atoms with Gasteiger partial charge in [-0.1, -0.05) is 13.3 Å². The number of hydrogen-bond donors (Lipinski definition) is 2. The Labute approximate surface area is 117 Å². The molecule has 0 spiro atoms. The largest absolute Gasteiger partial charge is 0.379 e. The molecule has 5 nitrogen and oxygen atoms in total. The summed E-state index contributed by atoms with van der Waals surface area (Å²) in [5.41, 5.74) is 0. The monoisotopic (exact) mass is 271 g/mol. The highest BCUT2D eigenvalue weighted by atomic mass is 16.5. The molecule has 1 amide bonds. The molecule has 1 aliphatic heterocycles. The van der Waals surface area contributed by atoms with Crippen LogP contribution in [0.3, 0.4) is 0 Å². The summed E-state index contributed by atoms with van der Waals surface area (Å²) in [6.45, 7) is 11.6. The number of carbonyl (C=O) groups excluding carboxylic acids is 1. The summed E-state index contributed by atoms with van der Waals surface area (Å²) in [4.78, 5) is 14.3. The van der Waals surface area contributed by atoms with Gasteiger partial charge in [-0.3, -0.25) is 9.69 Å². The average Bonchev–Trinajstić information content (AvgIpc) is 2.40. The lowest BCUT2D eigenvalue weighted by Gasteiger charge is -2.27. The van der Waals surface area contributed by atoms with E-state index in [-0.39, 0.29) is 18.0 Å². The van der Waals surface area contributed by atoms with Gasteiger partial charge >= 0.3 is 0 Å². The zero-order valence-electron chi connectivity index (χ0n) is 12.6. The predicted octanol–water partition coefficient (Wildman–Crippen LogP) is 0.602. The zero-order valence-corrected chi connectivity index (χ0v) is 12.6. The maximum atomic E-state index is 11.9. The number of rotatable bonds is 8. The van der Waals surface area contributed by atoms with Gasteiger partial charge in [0.2, 0.25) is 5.91 Å². The molecule has 19 heavy (non-hydrogen) atoms. The molecular weight excluding hydrogens is 242 g/mol. The Hall–Kier alpha value is -0.650. The number of nitrogens with one attached hydrogen (secondary N) is 2. The smallest absolute Gasteiger partial charge is 0.237 e. The van der Waals surface area contributed by atoms with Crippen LogP contribution in [0.1, 0.15) is 33.6 Å². The third kappa shape index (κ3) is 6.89. The molecule has 5 heteroatoms. The van der Waals surface area contributed by atoms with Crippen molar-refractivity contribution in [2.45, 2.75) is 45.7 Å². The molecule has 1 heterocycles. The van der Waals surface area contributed by atoms with Crippen molar-refractivity contribution < 1.29 is 9.53 Å². The third-order valence-electron chi connectivity index (χ3n) is 3.49. The molecule has 1 saturated heterocycles. The van der Waals surface area contributed by atoms with Crippen LogP contribution in [0.4, 0.5) is 0 Å². The van der Waals surface area contributed by atoms with Crippen molar-refractivity contribution in [3.8, 4) is 0 Å². The lowest BCUT2D eigenvalue weighted by Crippen LogP contribution is -2.48. The first-order valence-electron chi connectivity index (χ1n) is 7.47. The molecule has 0 aliphatic carbocycles. The summed E-state index contributed by atoms with van der Waals surface area (Å²) in [5, 5.41) is 6.32. The maximum Gasteiger partial charge on any atom is 0.237 e. The van der Waals surface area contributed by atoms with Crippen LogP contribution in [0.25, 0.3) is 0 Å². The molecular formula is C14H29N3O2. The van der Waals surface area contributed by atoms with Gasteiger partial charge in [-0.25, -0.2) is 0 Å². The molecule has 112 valence electrons. The minimum atomic E-state index is -0.125. The van der Waals surface area contributed by atoms with E-state index in [9.17, 15) is 4.79 Å². The van der Waals surface area contributed by atoms with Gasteiger partial charge in [0.05, 0.1) is 19.3 Å². The molecule has 0 aromatic heterocycles. The van der Waals surface area contributed by atoms with Crippen LogP contribution < -0.4 is 10.6 Å². The molecule has 1 rings (SSSR count). The summed E-state index contributed by atoms with van der Waals surface area (Å²) in [6.07, 6.45) is 2.13. The van der Waals surface area contributed by atoms with Crippen molar-refractivity contribution >= 4 is 5.91 Å². The van der Waals surface area contributed by atoms with Crippen molar-refractivity contribution in [2.75, 3.05) is 39.4 Å². The van der Waals surface area contributed by atoms with E-state index < -0.39 is 0 Å². The van der Waals surface area contributed by atoms with Gasteiger partial charge in [-0.15, -0.1) is 0 Å². The Balaban J connectivity index is 2.11. The summed E-state index contributed by atoms with van der Waals surface area (Å²) >= 11 is 0. The highest BCUT2D eigenvalue weighted by Crippen LogP contribution is 1.97. The lowest BCUT2D eigenvalue weighted by atomic mass is 10.2. The Morgan fingerprint density at radius 3 is 2.63 bits per heavy atom. The molecule has 0 aromatic rings. The predicted molar refractivity (Wildman–Crippen MR) is 77.2 cm³/mol. The Morgan fingerprint density at radius 1 is 1.32 bits per heavy atom. The van der Waals surface area contributed by atoms with E-state index in [0.717, 1.165) is 52.2 Å². The standard InChI is InChI=1S/C14H29N3O2/c1-4-5-12(2)16-14(18)13(3)15-6-7-17-8-10-19-11-9-17/h12-13,15H,4-11H2,1-3H3,(H,16,18). The fraction of sp³-hybridized carbons (Fsp3) is 0.929. The fourth-order valence-electron chi connectivity index (χ4n) is 2.23. The highest BCUT2D eigenvalue weighted by Gasteiger charge is 2.15. The summed E-state index contributed by atoms with van der Waals surface area (Å²) in [7, 11) is 0. The normalized spacial score (nSPS) is 19.9. The van der Waals surface area contributed by atoms with Crippen LogP contribution in [0.15, 0.2) is 0 Å². The van der Waals surface area contributed by atoms with E-state index in [1.807, 2.05) is 6.92 Å². The topological polar surface area (TPSA) is 53.6 Å². The van der Waals surface area contributed by atoms with Crippen LogP contribution in [0, 0.1) is 0 Å². The molecule has 0 bridgehead atoms. The molecule has 0 radical (unpaired) electrons. The van der Waals surface area contributed by atoms with Gasteiger partial charge in [-0.2, -0.15) is 0 Å². The molecule has 2 atom stereocenters. The SMILES string of the molecule is CCCC(C)NC(=O)C(C)NCCN1CCOCC1. The van der Waals surface area contributed by atoms with E-state index in [4.69, 9.17) is 4.74 Å². The second kappa shape index (κ2) is 9.28. The first kappa shape index (κ1) is 16.4. The first-order chi connectivity index (χ1) is 9.13. The quantitative estimate of drug-likeness (QED) is 0.679. The summed E-state index contributed by atoms with van der Waals surface area (Å²) < 4.78 is 5.31. The van der Waals surface area contributed by atoms with Gasteiger partial charge in [-0.05, 0) is 20.3 Å². The highest BCUT2D eigenvalue weighted by molar-refractivity contribution is 5.81. The average molecular weight is 271 g/mol. The molecule has 0 aromatic carbocycles. The lowest BCUT2D eigenvalue weighted by molar-refractivity contribution is -0.123. The second-order valence-electron chi connectivity index (χ2n) is 5.33. The van der Waals surface area contributed by atoms with Crippen LogP contribution in [-0.2, 0) is 9.53 Å². The number of morpholine rings is 1. The second-order valence-corrected chi connectivity index (χ2v) is 5.33. The number of carbonyl (C=O) groups is 1. The number of ether oxygens (including phenoxy) is 1. The number of nitrogens with zero attached hydrogens (tertiary/aromatic N) is 1. The van der Waals surface area contributed by atoms with Crippen molar-refractivity contribution in [1.82, 2.24) is 15.5 Å². The van der Waals surface area contributed by atoms with Gasteiger partial charge < -0.3 is 15.4 Å². The summed E-state index contributed by atoms with van der Waals surface area (Å²) in [6, 6.07) is 0.140. The number of amides is 1. The molecule has 2 unspecified atom stereocenters. The zero-order chi connectivity index (χ0) is 14.1. The molecule has 1 fully saturated rings.